The molecule has 0 bridgehead atoms. The summed E-state index contributed by atoms with van der Waals surface area (Å²) in [7, 11) is 2.15. The van der Waals surface area contributed by atoms with Gasteiger partial charge in [0.15, 0.2) is 7.11 Å². The maximum atomic E-state index is 5.12. The van der Waals surface area contributed by atoms with E-state index in [1.807, 2.05) is 18.6 Å². The Labute approximate surface area is 87.8 Å². The predicted molar refractivity (Wildman–Crippen MR) is 57.1 cm³/mol. The Bertz CT molecular complexity index is 185. The summed E-state index contributed by atoms with van der Waals surface area (Å²) in [5.74, 6) is 0. The highest BCUT2D eigenvalue weighted by Gasteiger charge is 2.23. The molecule has 1 atom stereocenters. The van der Waals surface area contributed by atoms with Gasteiger partial charge >= 0.3 is 0 Å². The van der Waals surface area contributed by atoms with Gasteiger partial charge in [-0.2, -0.15) is 0 Å². The predicted octanol–water partition coefficient (Wildman–Crippen LogP) is 2.20. The van der Waals surface area contributed by atoms with E-state index in [2.05, 4.69) is 25.8 Å². The molecule has 0 rings (SSSR count). The van der Waals surface area contributed by atoms with Crippen molar-refractivity contribution in [3.05, 3.63) is 0 Å². The third-order valence-corrected chi connectivity index (χ3v) is 2.54. The first-order chi connectivity index (χ1) is 6.52. The van der Waals surface area contributed by atoms with Crippen LogP contribution in [0.1, 0.15) is 27.7 Å². The van der Waals surface area contributed by atoms with Gasteiger partial charge in [-0.25, -0.2) is 4.84 Å². The van der Waals surface area contributed by atoms with Crippen LogP contribution in [0.3, 0.4) is 0 Å². The topological polar surface area (TPSA) is 37.1 Å². The van der Waals surface area contributed by atoms with Gasteiger partial charge in [0.2, 0.25) is 0 Å². The van der Waals surface area contributed by atoms with Crippen molar-refractivity contribution in [3.8, 4) is 0 Å². The van der Waals surface area contributed by atoms with E-state index in [0.717, 1.165) is 0 Å². The molecule has 0 saturated heterocycles. The second-order valence-electron chi connectivity index (χ2n) is 3.33. The zero-order valence-corrected chi connectivity index (χ0v) is 10.8. The number of hydrazine groups is 1. The maximum absolute atomic E-state index is 5.12. The van der Waals surface area contributed by atoms with Crippen LogP contribution < -0.4 is 0 Å². The van der Waals surface area contributed by atoms with Crippen LogP contribution in [0.5, 0.6) is 0 Å². The first-order valence-electron chi connectivity index (χ1n) is 4.70. The molecule has 0 radical (unpaired) electrons. The van der Waals surface area contributed by atoms with Crippen LogP contribution in [0.2, 0.25) is 0 Å². The van der Waals surface area contributed by atoms with Gasteiger partial charge < -0.3 is 4.84 Å². The fourth-order valence-corrected chi connectivity index (χ4v) is 1.64. The fourth-order valence-electron chi connectivity index (χ4n) is 0.837. The molecule has 0 heterocycles. The summed E-state index contributed by atoms with van der Waals surface area (Å²) in [5, 5.41) is 3.88. The van der Waals surface area contributed by atoms with Crippen LogP contribution in [-0.2, 0) is 9.68 Å². The summed E-state index contributed by atoms with van der Waals surface area (Å²) >= 11 is 0. The van der Waals surface area contributed by atoms with Gasteiger partial charge in [0, 0.05) is 8.73 Å². The lowest BCUT2D eigenvalue weighted by Gasteiger charge is -2.15. The SMILES string of the molecule is CO/[N+](=N\OC(C)C)N(PC)C(C)C. The molecule has 0 aromatic heterocycles. The minimum atomic E-state index is 0.0573. The van der Waals surface area contributed by atoms with E-state index in [-0.39, 0.29) is 6.10 Å². The summed E-state index contributed by atoms with van der Waals surface area (Å²) in [6.45, 7) is 10.1. The molecule has 0 aromatic rings. The van der Waals surface area contributed by atoms with Crippen molar-refractivity contribution >= 4 is 8.73 Å². The van der Waals surface area contributed by atoms with Crippen LogP contribution in [-0.4, -0.2) is 35.7 Å². The van der Waals surface area contributed by atoms with Crippen molar-refractivity contribution in [2.45, 2.75) is 39.8 Å². The van der Waals surface area contributed by atoms with Crippen LogP contribution >= 0.6 is 8.73 Å². The number of nitrogens with zero attached hydrogens (tertiary/aromatic N) is 3. The van der Waals surface area contributed by atoms with E-state index >= 15 is 0 Å². The Hall–Kier alpha value is -0.570. The largest absolute Gasteiger partial charge is 0.339 e. The molecule has 14 heavy (non-hydrogen) atoms. The highest BCUT2D eigenvalue weighted by molar-refractivity contribution is 7.33. The molecule has 0 saturated carbocycles. The number of hydrogen-bond donors (Lipinski definition) is 0. The Morgan fingerprint density at radius 1 is 1.29 bits per heavy atom. The molecule has 6 heteroatoms. The van der Waals surface area contributed by atoms with Crippen molar-refractivity contribution in [2.24, 2.45) is 5.28 Å². The lowest BCUT2D eigenvalue weighted by molar-refractivity contribution is -0.927. The van der Waals surface area contributed by atoms with E-state index < -0.39 is 0 Å². The quantitative estimate of drug-likeness (QED) is 0.299. The van der Waals surface area contributed by atoms with Gasteiger partial charge in [0.1, 0.15) is 6.10 Å². The van der Waals surface area contributed by atoms with E-state index in [4.69, 9.17) is 9.68 Å². The number of rotatable bonds is 6. The van der Waals surface area contributed by atoms with Crippen LogP contribution in [0.4, 0.5) is 0 Å². The van der Waals surface area contributed by atoms with Gasteiger partial charge in [-0.1, -0.05) is 4.78 Å². The fraction of sp³-hybridized carbons (Fsp3) is 1.00. The summed E-state index contributed by atoms with van der Waals surface area (Å²) < 4.78 is 1.97. The molecule has 1 unspecified atom stereocenters. The summed E-state index contributed by atoms with van der Waals surface area (Å²) in [5.41, 5.74) is 0. The Balaban J connectivity index is 4.42. The van der Waals surface area contributed by atoms with E-state index in [0.29, 0.717) is 14.8 Å². The van der Waals surface area contributed by atoms with Crippen molar-refractivity contribution in [1.82, 2.24) is 4.78 Å². The average molecular weight is 222 g/mol. The number of hydrogen-bond acceptors (Lipinski definition) is 3. The maximum Gasteiger partial charge on any atom is 0.275 e. The van der Waals surface area contributed by atoms with Crippen molar-refractivity contribution < 1.29 is 14.6 Å². The zero-order valence-electron chi connectivity index (χ0n) is 9.81. The smallest absolute Gasteiger partial charge is 0.275 e. The highest BCUT2D eigenvalue weighted by Crippen LogP contribution is 2.17. The summed E-state index contributed by atoms with van der Waals surface area (Å²) in [4.78, 5) is 11.6. The molecule has 5 nitrogen and oxygen atoms in total. The molecule has 84 valence electrons. The highest BCUT2D eigenvalue weighted by atomic mass is 31.1. The zero-order chi connectivity index (χ0) is 11.1. The average Bonchev–Trinajstić information content (AvgIpc) is 2.10. The van der Waals surface area contributed by atoms with Crippen LogP contribution in [0, 0.1) is 0 Å². The van der Waals surface area contributed by atoms with Gasteiger partial charge in [0.25, 0.3) is 10.2 Å². The first kappa shape index (κ1) is 13.4. The molecular formula is C8H21N3O2P+. The van der Waals surface area contributed by atoms with Crippen molar-refractivity contribution in [2.75, 3.05) is 13.8 Å². The lowest BCUT2D eigenvalue weighted by atomic mass is 10.4. The molecule has 0 spiro atoms. The molecule has 0 aliphatic heterocycles. The third kappa shape index (κ3) is 4.61. The van der Waals surface area contributed by atoms with E-state index in [1.54, 1.807) is 7.11 Å². The van der Waals surface area contributed by atoms with E-state index in [1.165, 1.54) is 4.97 Å². The van der Waals surface area contributed by atoms with Gasteiger partial charge in [0.05, 0.1) is 6.04 Å². The summed E-state index contributed by atoms with van der Waals surface area (Å²) in [6, 6.07) is 0.331. The monoisotopic (exact) mass is 222 g/mol. The Kier molecular flexibility index (Phi) is 6.54. The second-order valence-corrected chi connectivity index (χ2v) is 4.24. The Morgan fingerprint density at radius 2 is 1.86 bits per heavy atom. The summed E-state index contributed by atoms with van der Waals surface area (Å²) in [6.07, 6.45) is 0.0573. The van der Waals surface area contributed by atoms with Crippen molar-refractivity contribution in [3.63, 3.8) is 0 Å². The molecule has 0 fully saturated rings. The minimum Gasteiger partial charge on any atom is -0.339 e. The Morgan fingerprint density at radius 3 is 2.14 bits per heavy atom. The molecular weight excluding hydrogens is 201 g/mol. The second kappa shape index (κ2) is 6.82. The molecule has 0 amide bonds. The van der Waals surface area contributed by atoms with Crippen molar-refractivity contribution in [1.29, 1.82) is 0 Å². The van der Waals surface area contributed by atoms with Gasteiger partial charge in [-0.15, -0.1) is 0 Å². The normalized spacial score (nSPS) is 13.0. The minimum absolute atomic E-state index is 0.0573. The van der Waals surface area contributed by atoms with Gasteiger partial charge in [-0.3, -0.25) is 0 Å². The van der Waals surface area contributed by atoms with Crippen LogP contribution in [0.15, 0.2) is 5.28 Å². The first-order valence-corrected chi connectivity index (χ1v) is 6.15. The molecule has 0 aromatic carbocycles. The molecule has 0 aliphatic carbocycles. The van der Waals surface area contributed by atoms with Crippen LogP contribution in [0.25, 0.3) is 0 Å². The van der Waals surface area contributed by atoms with E-state index in [9.17, 15) is 0 Å². The van der Waals surface area contributed by atoms with Gasteiger partial charge in [-0.05, 0) is 34.4 Å². The molecule has 0 aliphatic rings. The lowest BCUT2D eigenvalue weighted by Crippen LogP contribution is -2.32. The standard InChI is InChI=1S/C8H21N3O2P/c1-7(2)10(14-6)11(12-5)9-13-8(3)4/h7-8,14H,1-6H3/q+1/b11-9-. The third-order valence-electron chi connectivity index (χ3n) is 1.39. The molecule has 0 N–H and O–H groups in total.